The van der Waals surface area contributed by atoms with Gasteiger partial charge < -0.3 is 4.90 Å². The number of carbonyl (C=O) groups excluding carboxylic acids is 4. The minimum Gasteiger partial charge on any atom is -0.345 e. The largest absolute Gasteiger partial charge is 0.345 e. The van der Waals surface area contributed by atoms with Crippen LogP contribution in [0.1, 0.15) is 52.0 Å². The van der Waals surface area contributed by atoms with Gasteiger partial charge in [-0.2, -0.15) is 0 Å². The number of rotatable bonds is 12. The fourth-order valence-corrected chi connectivity index (χ4v) is 3.08. The minimum atomic E-state index is -0.582. The summed E-state index contributed by atoms with van der Waals surface area (Å²) in [5.41, 5.74) is 0.808. The summed E-state index contributed by atoms with van der Waals surface area (Å²) in [6, 6.07) is 9.27. The van der Waals surface area contributed by atoms with E-state index in [0.717, 1.165) is 5.56 Å². The van der Waals surface area contributed by atoms with E-state index in [1.54, 1.807) is 24.9 Å². The average molecular weight is 412 g/mol. The van der Waals surface area contributed by atoms with Crippen LogP contribution in [0.15, 0.2) is 54.6 Å². The van der Waals surface area contributed by atoms with Crippen LogP contribution in [0.4, 0.5) is 0 Å². The maximum absolute atomic E-state index is 12.7. The highest BCUT2D eigenvalue weighted by molar-refractivity contribution is 6.42. The number of carbonyl (C=O) groups is 4. The van der Waals surface area contributed by atoms with E-state index in [4.69, 9.17) is 0 Å². The summed E-state index contributed by atoms with van der Waals surface area (Å²) in [4.78, 5) is 50.5. The molecule has 1 aromatic carbocycles. The lowest BCUT2D eigenvalue weighted by molar-refractivity contribution is -0.136. The highest BCUT2D eigenvalue weighted by Crippen LogP contribution is 2.20. The predicted molar refractivity (Wildman–Crippen MR) is 119 cm³/mol. The van der Waals surface area contributed by atoms with Gasteiger partial charge >= 0.3 is 0 Å². The third-order valence-electron chi connectivity index (χ3n) is 4.85. The lowest BCUT2D eigenvalue weighted by atomic mass is 9.93. The van der Waals surface area contributed by atoms with Gasteiger partial charge in [0.1, 0.15) is 0 Å². The van der Waals surface area contributed by atoms with Crippen molar-refractivity contribution in [3.63, 3.8) is 0 Å². The minimum absolute atomic E-state index is 0.00655. The highest BCUT2D eigenvalue weighted by Gasteiger charge is 2.21. The average Bonchev–Trinajstić information content (AvgIpc) is 2.72. The molecule has 0 aliphatic rings. The second kappa shape index (κ2) is 12.7. The van der Waals surface area contributed by atoms with Gasteiger partial charge in [0.15, 0.2) is 5.78 Å². The van der Waals surface area contributed by atoms with Gasteiger partial charge in [-0.05, 0) is 37.0 Å². The zero-order valence-corrected chi connectivity index (χ0v) is 18.6. The van der Waals surface area contributed by atoms with E-state index in [2.05, 4.69) is 0 Å². The first-order valence-electron chi connectivity index (χ1n) is 10.4. The Hall–Kier alpha value is -2.82. The Balaban J connectivity index is 2.76. The zero-order valence-electron chi connectivity index (χ0n) is 18.6. The Bertz CT molecular complexity index is 793. The summed E-state index contributed by atoms with van der Waals surface area (Å²) in [5, 5.41) is 0. The molecule has 0 radical (unpaired) electrons. The van der Waals surface area contributed by atoms with E-state index >= 15 is 0 Å². The quantitative estimate of drug-likeness (QED) is 0.383. The number of hydrogen-bond acceptors (Lipinski definition) is 4. The number of allylic oxidation sites excluding steroid dienone is 3. The second-order valence-electron chi connectivity index (χ2n) is 7.93. The Morgan fingerprint density at radius 3 is 2.20 bits per heavy atom. The molecule has 0 fully saturated rings. The first-order valence-corrected chi connectivity index (χ1v) is 10.4. The molecule has 0 unspecified atom stereocenters. The molecule has 5 heteroatoms. The molecule has 0 N–H and O–H groups in total. The smallest absolute Gasteiger partial charge is 0.233 e. The van der Waals surface area contributed by atoms with Crippen molar-refractivity contribution in [2.75, 3.05) is 13.6 Å². The molecule has 1 aromatic rings. The first kappa shape index (κ1) is 25.2. The number of benzene rings is 1. The van der Waals surface area contributed by atoms with Crippen molar-refractivity contribution < 1.29 is 19.2 Å². The molecule has 162 valence electrons. The topological polar surface area (TPSA) is 71.5 Å². The van der Waals surface area contributed by atoms with Crippen LogP contribution in [0.5, 0.6) is 0 Å². The zero-order chi connectivity index (χ0) is 22.7. The van der Waals surface area contributed by atoms with E-state index in [1.165, 1.54) is 18.2 Å². The van der Waals surface area contributed by atoms with Crippen molar-refractivity contribution in [2.45, 2.75) is 46.5 Å². The third kappa shape index (κ3) is 8.27. The number of likely N-dealkylation sites (N-methyl/N-ethyl adjacent to an activating group) is 1. The maximum atomic E-state index is 12.7. The SMILES string of the molecule is CCN(C)C(=O)[C@@H](/C=C/C(=O)C/C=C/C(=O)C(=O)[C@@H](C)CC(C)C)c1ccccc1. The van der Waals surface area contributed by atoms with Crippen LogP contribution in [-0.2, 0) is 19.2 Å². The standard InChI is InChI=1S/C25H33NO4/c1-6-26(5)25(30)22(20-11-8-7-9-12-20)16-15-21(27)13-10-14-23(28)24(29)19(4)17-18(2)3/h7-12,14-16,18-19,22H,6,13,17H2,1-5H3/b14-10+,16-15+/t19-,22-/m0/s1. The molecule has 0 saturated heterocycles. The lowest BCUT2D eigenvalue weighted by Crippen LogP contribution is -2.30. The molecular formula is C25H33NO4. The summed E-state index contributed by atoms with van der Waals surface area (Å²) in [6.07, 6.45) is 6.20. The molecule has 0 aromatic heterocycles. The molecule has 0 aliphatic heterocycles. The van der Waals surface area contributed by atoms with E-state index in [9.17, 15) is 19.2 Å². The molecule has 1 amide bonds. The van der Waals surface area contributed by atoms with Gasteiger partial charge in [0, 0.05) is 25.9 Å². The van der Waals surface area contributed by atoms with E-state index in [1.807, 2.05) is 51.1 Å². The van der Waals surface area contributed by atoms with E-state index in [-0.39, 0.29) is 24.0 Å². The van der Waals surface area contributed by atoms with Crippen LogP contribution in [-0.4, -0.2) is 41.7 Å². The molecule has 0 saturated carbocycles. The summed E-state index contributed by atoms with van der Waals surface area (Å²) >= 11 is 0. The van der Waals surface area contributed by atoms with Crippen molar-refractivity contribution in [1.82, 2.24) is 4.90 Å². The van der Waals surface area contributed by atoms with Crippen LogP contribution in [0, 0.1) is 11.8 Å². The van der Waals surface area contributed by atoms with Gasteiger partial charge in [0.25, 0.3) is 0 Å². The van der Waals surface area contributed by atoms with E-state index in [0.29, 0.717) is 18.9 Å². The first-order chi connectivity index (χ1) is 14.2. The van der Waals surface area contributed by atoms with Crippen LogP contribution in [0.3, 0.4) is 0 Å². The van der Waals surface area contributed by atoms with Gasteiger partial charge in [-0.15, -0.1) is 0 Å². The highest BCUT2D eigenvalue weighted by atomic mass is 16.2. The Labute approximate surface area is 179 Å². The Kier molecular flexibility index (Phi) is 10.7. The summed E-state index contributed by atoms with van der Waals surface area (Å²) in [5.74, 6) is -1.89. The fraction of sp³-hybridized carbons (Fsp3) is 0.440. The Morgan fingerprint density at radius 1 is 1.00 bits per heavy atom. The number of hydrogen-bond donors (Lipinski definition) is 0. The second-order valence-corrected chi connectivity index (χ2v) is 7.93. The third-order valence-corrected chi connectivity index (χ3v) is 4.85. The van der Waals surface area contributed by atoms with Gasteiger partial charge in [-0.1, -0.05) is 63.3 Å². The monoisotopic (exact) mass is 411 g/mol. The lowest BCUT2D eigenvalue weighted by Gasteiger charge is -2.20. The van der Waals surface area contributed by atoms with Crippen molar-refractivity contribution in [2.24, 2.45) is 11.8 Å². The van der Waals surface area contributed by atoms with Crippen LogP contribution < -0.4 is 0 Å². The van der Waals surface area contributed by atoms with Gasteiger partial charge in [0.2, 0.25) is 17.5 Å². The normalized spacial score (nSPS) is 13.5. The molecule has 1 rings (SSSR count). The summed E-state index contributed by atoms with van der Waals surface area (Å²) < 4.78 is 0. The fourth-order valence-electron chi connectivity index (χ4n) is 3.08. The van der Waals surface area contributed by atoms with Crippen LogP contribution in [0.25, 0.3) is 0 Å². The predicted octanol–water partition coefficient (Wildman–Crippen LogP) is 4.14. The molecule has 2 atom stereocenters. The van der Waals surface area contributed by atoms with Crippen LogP contribution in [0.2, 0.25) is 0 Å². The number of ketones is 3. The number of Topliss-reactive ketones (excluding diaryl/α,β-unsaturated/α-hetero) is 1. The number of nitrogens with zero attached hydrogens (tertiary/aromatic N) is 1. The maximum Gasteiger partial charge on any atom is 0.233 e. The van der Waals surface area contributed by atoms with Crippen molar-refractivity contribution in [3.05, 3.63) is 60.2 Å². The van der Waals surface area contributed by atoms with Crippen molar-refractivity contribution >= 4 is 23.3 Å². The van der Waals surface area contributed by atoms with Gasteiger partial charge in [-0.25, -0.2) is 0 Å². The van der Waals surface area contributed by atoms with Gasteiger partial charge in [0.05, 0.1) is 5.92 Å². The molecule has 0 spiro atoms. The molecule has 0 bridgehead atoms. The number of amides is 1. The molecular weight excluding hydrogens is 378 g/mol. The molecule has 30 heavy (non-hydrogen) atoms. The van der Waals surface area contributed by atoms with Crippen LogP contribution >= 0.6 is 0 Å². The van der Waals surface area contributed by atoms with Crippen molar-refractivity contribution in [3.8, 4) is 0 Å². The molecule has 5 nitrogen and oxygen atoms in total. The van der Waals surface area contributed by atoms with E-state index < -0.39 is 17.5 Å². The van der Waals surface area contributed by atoms with Crippen molar-refractivity contribution in [1.29, 1.82) is 0 Å². The molecule has 0 heterocycles. The van der Waals surface area contributed by atoms with Gasteiger partial charge in [-0.3, -0.25) is 19.2 Å². The summed E-state index contributed by atoms with van der Waals surface area (Å²) in [6.45, 7) is 8.20. The summed E-state index contributed by atoms with van der Waals surface area (Å²) in [7, 11) is 1.72. The molecule has 0 aliphatic carbocycles. The Morgan fingerprint density at radius 2 is 1.63 bits per heavy atom.